The highest BCUT2D eigenvalue weighted by Crippen LogP contribution is 2.27. The summed E-state index contributed by atoms with van der Waals surface area (Å²) in [5.74, 6) is -0.794. The lowest BCUT2D eigenvalue weighted by Crippen LogP contribution is -2.52. The molecular formula is C30H35BrFN3O5S. The molecule has 0 fully saturated rings. The Morgan fingerprint density at radius 2 is 1.59 bits per heavy atom. The van der Waals surface area contributed by atoms with Crippen molar-refractivity contribution < 1.29 is 27.1 Å². The van der Waals surface area contributed by atoms with Crippen LogP contribution in [-0.4, -0.2) is 50.9 Å². The van der Waals surface area contributed by atoms with Crippen LogP contribution in [0.15, 0.2) is 82.2 Å². The van der Waals surface area contributed by atoms with Gasteiger partial charge in [0, 0.05) is 17.6 Å². The van der Waals surface area contributed by atoms with Crippen molar-refractivity contribution in [2.45, 2.75) is 51.1 Å². The van der Waals surface area contributed by atoms with Crippen LogP contribution in [0, 0.1) is 5.82 Å². The zero-order chi connectivity index (χ0) is 30.0. The van der Waals surface area contributed by atoms with Crippen molar-refractivity contribution in [1.29, 1.82) is 0 Å². The van der Waals surface area contributed by atoms with Crippen LogP contribution in [0.4, 0.5) is 10.1 Å². The predicted octanol–water partition coefficient (Wildman–Crippen LogP) is 5.52. The molecule has 3 rings (SSSR count). The summed E-state index contributed by atoms with van der Waals surface area (Å²) in [6.07, 6.45) is 1.01. The maximum absolute atomic E-state index is 14.0. The summed E-state index contributed by atoms with van der Waals surface area (Å²) in [7, 11) is -4.20. The molecule has 11 heteroatoms. The van der Waals surface area contributed by atoms with Gasteiger partial charge in [0.25, 0.3) is 10.0 Å². The largest absolute Gasteiger partial charge is 0.494 e. The second-order valence-corrected chi connectivity index (χ2v) is 12.0. The van der Waals surface area contributed by atoms with Crippen molar-refractivity contribution in [3.05, 3.63) is 88.6 Å². The van der Waals surface area contributed by atoms with Gasteiger partial charge in [0.15, 0.2) is 0 Å². The Hall–Kier alpha value is -3.44. The third-order valence-electron chi connectivity index (χ3n) is 6.32. The maximum atomic E-state index is 14.0. The van der Waals surface area contributed by atoms with Crippen molar-refractivity contribution >= 4 is 43.5 Å². The van der Waals surface area contributed by atoms with Gasteiger partial charge in [0.05, 0.1) is 17.2 Å². The number of benzene rings is 3. The van der Waals surface area contributed by atoms with Gasteiger partial charge in [-0.05, 0) is 86.0 Å². The van der Waals surface area contributed by atoms with E-state index in [1.807, 2.05) is 13.8 Å². The molecule has 2 amide bonds. The van der Waals surface area contributed by atoms with E-state index in [1.54, 1.807) is 43.3 Å². The van der Waals surface area contributed by atoms with Gasteiger partial charge in [-0.25, -0.2) is 12.8 Å². The number of nitrogens with zero attached hydrogens (tertiary/aromatic N) is 2. The van der Waals surface area contributed by atoms with Crippen LogP contribution in [0.1, 0.15) is 39.2 Å². The van der Waals surface area contributed by atoms with Gasteiger partial charge in [0.2, 0.25) is 11.8 Å². The second kappa shape index (κ2) is 15.0. The number of nitrogens with one attached hydrogen (secondary N) is 1. The first-order chi connectivity index (χ1) is 19.6. The van der Waals surface area contributed by atoms with Gasteiger partial charge in [-0.2, -0.15) is 0 Å². The van der Waals surface area contributed by atoms with Gasteiger partial charge >= 0.3 is 0 Å². The fraction of sp³-hybridized carbons (Fsp3) is 0.333. The average molecular weight is 649 g/mol. The molecular weight excluding hydrogens is 613 g/mol. The Balaban J connectivity index is 2.04. The number of anilines is 1. The molecule has 0 heterocycles. The number of hydrogen-bond acceptors (Lipinski definition) is 5. The predicted molar refractivity (Wildman–Crippen MR) is 161 cm³/mol. The topological polar surface area (TPSA) is 96.0 Å². The third-order valence-corrected chi connectivity index (χ3v) is 8.63. The van der Waals surface area contributed by atoms with E-state index in [1.165, 1.54) is 41.3 Å². The number of carbonyl (C=O) groups excluding carboxylic acids is 2. The molecule has 0 spiro atoms. The normalized spacial score (nSPS) is 11.9. The summed E-state index contributed by atoms with van der Waals surface area (Å²) >= 11 is 3.32. The van der Waals surface area contributed by atoms with E-state index in [-0.39, 0.29) is 23.0 Å². The van der Waals surface area contributed by atoms with Gasteiger partial charge in [-0.1, -0.05) is 41.9 Å². The smallest absolute Gasteiger partial charge is 0.264 e. The molecule has 0 aliphatic heterocycles. The van der Waals surface area contributed by atoms with Crippen LogP contribution in [0.3, 0.4) is 0 Å². The third kappa shape index (κ3) is 8.53. The number of sulfonamides is 1. The number of hydrogen-bond donors (Lipinski definition) is 1. The number of halogens is 2. The summed E-state index contributed by atoms with van der Waals surface area (Å²) in [4.78, 5) is 28.5. The van der Waals surface area contributed by atoms with E-state index in [0.717, 1.165) is 4.31 Å². The summed E-state index contributed by atoms with van der Waals surface area (Å²) < 4.78 is 48.7. The lowest BCUT2D eigenvalue weighted by Gasteiger charge is -2.33. The molecule has 0 saturated carbocycles. The van der Waals surface area contributed by atoms with E-state index in [9.17, 15) is 22.4 Å². The SMILES string of the molecule is CCCNC(=O)[C@@H](CC)N(Cc1ccc(F)cc1)C(=O)CN(c1ccc(OCC)cc1)S(=O)(=O)c1ccc(Br)cc1. The van der Waals surface area contributed by atoms with Gasteiger partial charge < -0.3 is 15.0 Å². The molecule has 1 atom stereocenters. The van der Waals surface area contributed by atoms with Gasteiger partial charge in [-0.3, -0.25) is 13.9 Å². The minimum Gasteiger partial charge on any atom is -0.494 e. The highest BCUT2D eigenvalue weighted by molar-refractivity contribution is 9.10. The quantitative estimate of drug-likeness (QED) is 0.249. The fourth-order valence-corrected chi connectivity index (χ4v) is 5.89. The van der Waals surface area contributed by atoms with Crippen LogP contribution in [0.25, 0.3) is 0 Å². The number of carbonyl (C=O) groups is 2. The van der Waals surface area contributed by atoms with E-state index < -0.39 is 34.3 Å². The molecule has 3 aromatic rings. The van der Waals surface area contributed by atoms with Crippen LogP contribution in [-0.2, 0) is 26.2 Å². The van der Waals surface area contributed by atoms with Crippen LogP contribution in [0.2, 0.25) is 0 Å². The molecule has 1 N–H and O–H groups in total. The van der Waals surface area contributed by atoms with E-state index in [4.69, 9.17) is 4.74 Å². The van der Waals surface area contributed by atoms with Crippen molar-refractivity contribution in [2.75, 3.05) is 24.0 Å². The Bertz CT molecular complexity index is 1400. The summed E-state index contributed by atoms with van der Waals surface area (Å²) in [5.41, 5.74) is 0.861. The van der Waals surface area contributed by atoms with E-state index >= 15 is 0 Å². The minimum absolute atomic E-state index is 0.000185. The molecule has 0 aromatic heterocycles. The average Bonchev–Trinajstić information content (AvgIpc) is 2.96. The van der Waals surface area contributed by atoms with Crippen molar-refractivity contribution in [2.24, 2.45) is 0 Å². The first-order valence-corrected chi connectivity index (χ1v) is 15.7. The molecule has 41 heavy (non-hydrogen) atoms. The van der Waals surface area contributed by atoms with Crippen molar-refractivity contribution in [3.63, 3.8) is 0 Å². The fourth-order valence-electron chi connectivity index (χ4n) is 4.21. The molecule has 0 aliphatic rings. The molecule has 0 bridgehead atoms. The molecule has 0 saturated heterocycles. The van der Waals surface area contributed by atoms with Crippen LogP contribution < -0.4 is 14.4 Å². The summed E-state index contributed by atoms with van der Waals surface area (Å²) in [6, 6.07) is 17.3. The lowest BCUT2D eigenvalue weighted by molar-refractivity contribution is -0.140. The van der Waals surface area contributed by atoms with E-state index in [2.05, 4.69) is 21.2 Å². The molecule has 8 nitrogen and oxygen atoms in total. The highest BCUT2D eigenvalue weighted by Gasteiger charge is 2.33. The Labute approximate surface area is 249 Å². The minimum atomic E-state index is -4.20. The van der Waals surface area contributed by atoms with Crippen molar-refractivity contribution in [3.8, 4) is 5.75 Å². The van der Waals surface area contributed by atoms with Gasteiger partial charge in [-0.15, -0.1) is 0 Å². The maximum Gasteiger partial charge on any atom is 0.264 e. The first-order valence-electron chi connectivity index (χ1n) is 13.4. The number of rotatable bonds is 14. The summed E-state index contributed by atoms with van der Waals surface area (Å²) in [6.45, 7) is 5.85. The molecule has 0 unspecified atom stereocenters. The zero-order valence-corrected chi connectivity index (χ0v) is 25.8. The van der Waals surface area contributed by atoms with Gasteiger partial charge in [0.1, 0.15) is 24.2 Å². The number of amides is 2. The first kappa shape index (κ1) is 32.1. The second-order valence-electron chi connectivity index (χ2n) is 9.26. The number of ether oxygens (including phenoxy) is 1. The Morgan fingerprint density at radius 3 is 2.15 bits per heavy atom. The monoisotopic (exact) mass is 647 g/mol. The highest BCUT2D eigenvalue weighted by atomic mass is 79.9. The molecule has 3 aromatic carbocycles. The molecule has 220 valence electrons. The standard InChI is InChI=1S/C30H35BrFN3O5S/c1-4-19-33-30(37)28(5-2)34(20-22-7-11-24(32)12-8-22)29(36)21-35(25-13-15-26(16-14-25)40-6-3)41(38,39)27-17-9-23(31)10-18-27/h7-18,28H,4-6,19-21H2,1-3H3,(H,33,37)/t28-/m1/s1. The van der Waals surface area contributed by atoms with Crippen molar-refractivity contribution in [1.82, 2.24) is 10.2 Å². The van der Waals surface area contributed by atoms with Crippen LogP contribution >= 0.6 is 15.9 Å². The summed E-state index contributed by atoms with van der Waals surface area (Å²) in [5, 5.41) is 2.84. The Kier molecular flexibility index (Phi) is 11.7. The molecule has 0 radical (unpaired) electrons. The lowest BCUT2D eigenvalue weighted by atomic mass is 10.1. The van der Waals surface area contributed by atoms with E-state index in [0.29, 0.717) is 41.8 Å². The zero-order valence-electron chi connectivity index (χ0n) is 23.3. The molecule has 0 aliphatic carbocycles. The van der Waals surface area contributed by atoms with Crippen LogP contribution in [0.5, 0.6) is 5.75 Å². The Morgan fingerprint density at radius 1 is 0.951 bits per heavy atom.